The second-order valence-corrected chi connectivity index (χ2v) is 5.56. The summed E-state index contributed by atoms with van der Waals surface area (Å²) in [4.78, 5) is 9.04. The fraction of sp³-hybridized carbons (Fsp3) is 0.250. The number of methoxy groups -OCH3 is 2. The first-order chi connectivity index (χ1) is 11.8. The predicted octanol–water partition coefficient (Wildman–Crippen LogP) is 4.43. The SMILES string of the molecule is COc1cccc(OC)c1CO/N=C/c1cc(C(F)(F)F)cc(Br)n1. The molecular weight excluding hydrogens is 405 g/mol. The van der Waals surface area contributed by atoms with E-state index in [0.29, 0.717) is 17.1 Å². The van der Waals surface area contributed by atoms with Gasteiger partial charge in [-0.1, -0.05) is 11.2 Å². The van der Waals surface area contributed by atoms with E-state index in [1.165, 1.54) is 14.2 Å². The molecule has 25 heavy (non-hydrogen) atoms. The van der Waals surface area contributed by atoms with Crippen LogP contribution in [0.15, 0.2) is 40.1 Å². The molecule has 1 aromatic heterocycles. The Bertz CT molecular complexity index is 745. The quantitative estimate of drug-likeness (QED) is 0.395. The number of halogens is 4. The topological polar surface area (TPSA) is 52.9 Å². The van der Waals surface area contributed by atoms with Gasteiger partial charge in [-0.3, -0.25) is 0 Å². The molecule has 0 amide bonds. The molecule has 0 radical (unpaired) electrons. The van der Waals surface area contributed by atoms with Crippen molar-refractivity contribution in [2.24, 2.45) is 5.16 Å². The van der Waals surface area contributed by atoms with E-state index in [2.05, 4.69) is 26.1 Å². The molecule has 0 unspecified atom stereocenters. The summed E-state index contributed by atoms with van der Waals surface area (Å²) in [6.07, 6.45) is -3.37. The van der Waals surface area contributed by atoms with Crippen molar-refractivity contribution < 1.29 is 27.5 Å². The van der Waals surface area contributed by atoms with Gasteiger partial charge in [0.15, 0.2) is 0 Å². The van der Waals surface area contributed by atoms with E-state index in [0.717, 1.165) is 18.3 Å². The van der Waals surface area contributed by atoms with Crippen LogP contribution < -0.4 is 9.47 Å². The summed E-state index contributed by atoms with van der Waals surface area (Å²) in [7, 11) is 3.01. The maximum Gasteiger partial charge on any atom is 0.416 e. The van der Waals surface area contributed by atoms with Crippen molar-refractivity contribution in [3.05, 3.63) is 51.8 Å². The van der Waals surface area contributed by atoms with Crippen LogP contribution in [-0.4, -0.2) is 25.4 Å². The van der Waals surface area contributed by atoms with Crippen LogP contribution in [0.1, 0.15) is 16.8 Å². The second-order valence-electron chi connectivity index (χ2n) is 4.75. The molecular formula is C16H14BrF3N2O3. The van der Waals surface area contributed by atoms with Crippen molar-refractivity contribution in [3.8, 4) is 11.5 Å². The van der Waals surface area contributed by atoms with Crippen molar-refractivity contribution in [1.82, 2.24) is 4.98 Å². The van der Waals surface area contributed by atoms with E-state index >= 15 is 0 Å². The molecule has 9 heteroatoms. The smallest absolute Gasteiger partial charge is 0.416 e. The third-order valence-electron chi connectivity index (χ3n) is 3.14. The summed E-state index contributed by atoms with van der Waals surface area (Å²) in [6.45, 7) is 0.0177. The number of hydrogen-bond acceptors (Lipinski definition) is 5. The first-order valence-corrected chi connectivity index (χ1v) is 7.74. The molecule has 0 saturated carbocycles. The van der Waals surface area contributed by atoms with Crippen LogP contribution in [-0.2, 0) is 17.6 Å². The lowest BCUT2D eigenvalue weighted by atomic mass is 10.2. The van der Waals surface area contributed by atoms with Gasteiger partial charge >= 0.3 is 6.18 Å². The molecule has 0 saturated heterocycles. The van der Waals surface area contributed by atoms with E-state index in [-0.39, 0.29) is 16.9 Å². The van der Waals surface area contributed by atoms with E-state index in [1.807, 2.05) is 0 Å². The van der Waals surface area contributed by atoms with Gasteiger partial charge in [0.2, 0.25) is 0 Å². The highest BCUT2D eigenvalue weighted by Crippen LogP contribution is 2.31. The minimum atomic E-state index is -4.47. The Hall–Kier alpha value is -2.29. The monoisotopic (exact) mass is 418 g/mol. The zero-order valence-corrected chi connectivity index (χ0v) is 14.9. The van der Waals surface area contributed by atoms with E-state index in [9.17, 15) is 13.2 Å². The molecule has 0 aliphatic carbocycles. The lowest BCUT2D eigenvalue weighted by Crippen LogP contribution is -2.07. The van der Waals surface area contributed by atoms with Crippen molar-refractivity contribution in [2.45, 2.75) is 12.8 Å². The molecule has 1 aromatic carbocycles. The van der Waals surface area contributed by atoms with Crippen molar-refractivity contribution in [3.63, 3.8) is 0 Å². The van der Waals surface area contributed by atoms with Crippen LogP contribution in [0.3, 0.4) is 0 Å². The molecule has 0 aliphatic heterocycles. The average molecular weight is 419 g/mol. The third kappa shape index (κ3) is 5.09. The predicted molar refractivity (Wildman–Crippen MR) is 88.9 cm³/mol. The van der Waals surface area contributed by atoms with Gasteiger partial charge in [0.1, 0.15) is 22.7 Å². The number of hydrogen-bond donors (Lipinski definition) is 0. The van der Waals surface area contributed by atoms with Crippen molar-refractivity contribution >= 4 is 22.1 Å². The molecule has 0 aliphatic rings. The normalized spacial score (nSPS) is 11.6. The van der Waals surface area contributed by atoms with Gasteiger partial charge in [-0.25, -0.2) is 4.98 Å². The highest BCUT2D eigenvalue weighted by molar-refractivity contribution is 9.10. The molecule has 2 aromatic rings. The van der Waals surface area contributed by atoms with E-state index in [4.69, 9.17) is 14.3 Å². The number of ether oxygens (including phenoxy) is 2. The number of pyridine rings is 1. The highest BCUT2D eigenvalue weighted by atomic mass is 79.9. The molecule has 0 atom stereocenters. The lowest BCUT2D eigenvalue weighted by Gasteiger charge is -2.11. The Kier molecular flexibility index (Phi) is 6.24. The summed E-state index contributed by atoms with van der Waals surface area (Å²) >= 11 is 2.94. The molecule has 2 rings (SSSR count). The Balaban J connectivity index is 2.12. The van der Waals surface area contributed by atoms with Crippen molar-refractivity contribution in [2.75, 3.05) is 14.2 Å². The molecule has 0 fully saturated rings. The van der Waals surface area contributed by atoms with Gasteiger partial charge in [0.05, 0.1) is 37.3 Å². The summed E-state index contributed by atoms with van der Waals surface area (Å²) in [5.74, 6) is 1.10. The molecule has 0 spiro atoms. The summed E-state index contributed by atoms with van der Waals surface area (Å²) in [6, 6.07) is 6.99. The van der Waals surface area contributed by atoms with Crippen LogP contribution in [0.25, 0.3) is 0 Å². The van der Waals surface area contributed by atoms with Gasteiger partial charge in [0, 0.05) is 0 Å². The number of aromatic nitrogens is 1. The van der Waals surface area contributed by atoms with Crippen LogP contribution in [0, 0.1) is 0 Å². The average Bonchev–Trinajstić information content (AvgIpc) is 2.57. The van der Waals surface area contributed by atoms with Crippen molar-refractivity contribution in [1.29, 1.82) is 0 Å². The maximum absolute atomic E-state index is 12.8. The largest absolute Gasteiger partial charge is 0.496 e. The molecule has 0 N–H and O–H groups in total. The van der Waals surface area contributed by atoms with Crippen LogP contribution >= 0.6 is 15.9 Å². The Morgan fingerprint density at radius 1 is 1.16 bits per heavy atom. The first-order valence-electron chi connectivity index (χ1n) is 6.95. The summed E-state index contributed by atoms with van der Waals surface area (Å²) in [5, 5.41) is 3.67. The second kappa shape index (κ2) is 8.19. The van der Waals surface area contributed by atoms with Gasteiger partial charge in [-0.2, -0.15) is 13.2 Å². The van der Waals surface area contributed by atoms with E-state index < -0.39 is 11.7 Å². The fourth-order valence-electron chi connectivity index (χ4n) is 2.01. The van der Waals surface area contributed by atoms with Crippen LogP contribution in [0.4, 0.5) is 13.2 Å². The number of nitrogens with zero attached hydrogens (tertiary/aromatic N) is 2. The van der Waals surface area contributed by atoms with Gasteiger partial charge in [0.25, 0.3) is 0 Å². The van der Waals surface area contributed by atoms with Gasteiger partial charge in [-0.15, -0.1) is 0 Å². The van der Waals surface area contributed by atoms with Crippen LogP contribution in [0.5, 0.6) is 11.5 Å². The number of rotatable bonds is 6. The zero-order valence-electron chi connectivity index (χ0n) is 13.3. The Morgan fingerprint density at radius 3 is 2.36 bits per heavy atom. The summed E-state index contributed by atoms with van der Waals surface area (Å²) in [5.41, 5.74) is -0.196. The molecule has 134 valence electrons. The standard InChI is InChI=1S/C16H14BrF3N2O3/c1-23-13-4-3-5-14(24-2)12(13)9-25-21-8-11-6-10(16(18,19)20)7-15(17)22-11/h3-8H,9H2,1-2H3/b21-8+. The first kappa shape index (κ1) is 19.0. The van der Waals surface area contributed by atoms with E-state index in [1.54, 1.807) is 18.2 Å². The number of oxime groups is 1. The Morgan fingerprint density at radius 2 is 1.80 bits per heavy atom. The maximum atomic E-state index is 12.8. The summed E-state index contributed by atoms with van der Waals surface area (Å²) < 4.78 is 48.8. The lowest BCUT2D eigenvalue weighted by molar-refractivity contribution is -0.137. The minimum absolute atomic E-state index is 0.00805. The minimum Gasteiger partial charge on any atom is -0.496 e. The van der Waals surface area contributed by atoms with Gasteiger partial charge in [-0.05, 0) is 40.2 Å². The molecule has 5 nitrogen and oxygen atoms in total. The van der Waals surface area contributed by atoms with Gasteiger partial charge < -0.3 is 14.3 Å². The number of alkyl halides is 3. The Labute approximate surface area is 150 Å². The van der Waals surface area contributed by atoms with Crippen LogP contribution in [0.2, 0.25) is 0 Å². The zero-order chi connectivity index (χ0) is 18.4. The third-order valence-corrected chi connectivity index (χ3v) is 3.55. The highest BCUT2D eigenvalue weighted by Gasteiger charge is 2.31. The molecule has 1 heterocycles. The number of benzene rings is 1. The fourth-order valence-corrected chi connectivity index (χ4v) is 2.46. The molecule has 0 bridgehead atoms.